The highest BCUT2D eigenvalue weighted by molar-refractivity contribution is 7.10. The molecule has 1 aromatic carbocycles. The Balaban J connectivity index is 1.92. The molecule has 3 rings (SSSR count). The SMILES string of the molecule is CC(C)N(CC(=O)N1CCc2sccc2C1c1ccc(Cl)cc1)C(=O)C(C)(C)C. The number of amides is 2. The molecular weight excluding hydrogens is 404 g/mol. The highest BCUT2D eigenvalue weighted by Gasteiger charge is 2.36. The average Bonchev–Trinajstić information content (AvgIpc) is 3.13. The smallest absolute Gasteiger partial charge is 0.243 e. The van der Waals surface area contributed by atoms with Crippen molar-refractivity contribution in [1.82, 2.24) is 9.80 Å². The van der Waals surface area contributed by atoms with Crippen molar-refractivity contribution in [3.63, 3.8) is 0 Å². The summed E-state index contributed by atoms with van der Waals surface area (Å²) in [6.45, 7) is 10.3. The van der Waals surface area contributed by atoms with E-state index in [4.69, 9.17) is 11.6 Å². The molecule has 0 spiro atoms. The zero-order valence-corrected chi connectivity index (χ0v) is 19.3. The monoisotopic (exact) mass is 432 g/mol. The van der Waals surface area contributed by atoms with Crippen molar-refractivity contribution < 1.29 is 9.59 Å². The lowest BCUT2D eigenvalue weighted by Gasteiger charge is -2.39. The molecule has 0 saturated carbocycles. The molecule has 2 amide bonds. The van der Waals surface area contributed by atoms with Gasteiger partial charge in [-0.1, -0.05) is 44.5 Å². The lowest BCUT2D eigenvalue weighted by atomic mass is 9.92. The zero-order valence-electron chi connectivity index (χ0n) is 17.7. The third kappa shape index (κ3) is 4.67. The number of hydrogen-bond acceptors (Lipinski definition) is 3. The minimum atomic E-state index is -0.525. The van der Waals surface area contributed by atoms with Gasteiger partial charge in [0, 0.05) is 27.9 Å². The van der Waals surface area contributed by atoms with Gasteiger partial charge in [-0.2, -0.15) is 0 Å². The molecule has 0 fully saturated rings. The van der Waals surface area contributed by atoms with Crippen LogP contribution in [-0.4, -0.2) is 40.7 Å². The first kappa shape index (κ1) is 21.8. The van der Waals surface area contributed by atoms with E-state index in [0.717, 1.165) is 12.0 Å². The normalized spacial score (nSPS) is 16.7. The molecule has 0 bridgehead atoms. The lowest BCUT2D eigenvalue weighted by molar-refractivity contribution is -0.148. The third-order valence-electron chi connectivity index (χ3n) is 5.30. The van der Waals surface area contributed by atoms with Gasteiger partial charge < -0.3 is 9.80 Å². The van der Waals surface area contributed by atoms with E-state index in [-0.39, 0.29) is 30.4 Å². The molecular formula is C23H29ClN2O2S. The summed E-state index contributed by atoms with van der Waals surface area (Å²) in [6, 6.07) is 9.63. The van der Waals surface area contributed by atoms with Crippen molar-refractivity contribution in [2.75, 3.05) is 13.1 Å². The number of hydrogen-bond donors (Lipinski definition) is 0. The van der Waals surface area contributed by atoms with E-state index in [2.05, 4.69) is 11.4 Å². The van der Waals surface area contributed by atoms with Crippen LogP contribution in [0.15, 0.2) is 35.7 Å². The van der Waals surface area contributed by atoms with Crippen molar-refractivity contribution in [2.24, 2.45) is 5.41 Å². The van der Waals surface area contributed by atoms with Crippen molar-refractivity contribution in [3.05, 3.63) is 56.7 Å². The van der Waals surface area contributed by atoms with Crippen molar-refractivity contribution in [3.8, 4) is 0 Å². The summed E-state index contributed by atoms with van der Waals surface area (Å²) < 4.78 is 0. The standard InChI is InChI=1S/C23H29ClN2O2S/c1-15(2)26(22(28)23(3,4)5)14-20(27)25-12-10-19-18(11-13-29-19)21(25)16-6-8-17(24)9-7-16/h6-9,11,13,15,21H,10,12,14H2,1-5H3. The van der Waals surface area contributed by atoms with Gasteiger partial charge in [-0.05, 0) is 55.0 Å². The number of halogens is 1. The Hall–Kier alpha value is -1.85. The predicted octanol–water partition coefficient (Wildman–Crippen LogP) is 5.16. The maximum atomic E-state index is 13.4. The molecule has 0 aliphatic carbocycles. The topological polar surface area (TPSA) is 40.6 Å². The van der Waals surface area contributed by atoms with Gasteiger partial charge in [0.15, 0.2) is 0 Å². The quantitative estimate of drug-likeness (QED) is 0.669. The average molecular weight is 433 g/mol. The first-order valence-corrected chi connectivity index (χ1v) is 11.3. The van der Waals surface area contributed by atoms with Crippen LogP contribution in [0.3, 0.4) is 0 Å². The van der Waals surface area contributed by atoms with E-state index in [1.54, 1.807) is 16.2 Å². The Bertz CT molecular complexity index is 883. The van der Waals surface area contributed by atoms with Crippen LogP contribution < -0.4 is 0 Å². The summed E-state index contributed by atoms with van der Waals surface area (Å²) in [5, 5.41) is 2.76. The fourth-order valence-corrected chi connectivity index (χ4v) is 4.78. The Morgan fingerprint density at radius 2 is 1.86 bits per heavy atom. The molecule has 1 aromatic heterocycles. The van der Waals surface area contributed by atoms with Crippen LogP contribution in [0, 0.1) is 5.41 Å². The fourth-order valence-electron chi connectivity index (χ4n) is 3.75. The molecule has 4 nitrogen and oxygen atoms in total. The number of carbonyl (C=O) groups is 2. The summed E-state index contributed by atoms with van der Waals surface area (Å²) in [4.78, 5) is 31.3. The van der Waals surface area contributed by atoms with Crippen LogP contribution in [0.2, 0.25) is 5.02 Å². The second-order valence-electron chi connectivity index (χ2n) is 8.87. The highest BCUT2D eigenvalue weighted by Crippen LogP contribution is 2.38. The van der Waals surface area contributed by atoms with E-state index >= 15 is 0 Å². The summed E-state index contributed by atoms with van der Waals surface area (Å²) >= 11 is 7.83. The molecule has 0 N–H and O–H groups in total. The van der Waals surface area contributed by atoms with E-state index in [1.807, 2.05) is 63.8 Å². The summed E-state index contributed by atoms with van der Waals surface area (Å²) in [6.07, 6.45) is 0.845. The Morgan fingerprint density at radius 1 is 1.21 bits per heavy atom. The number of fused-ring (bicyclic) bond motifs is 1. The summed E-state index contributed by atoms with van der Waals surface area (Å²) in [5.41, 5.74) is 1.69. The minimum absolute atomic E-state index is 0.00266. The molecule has 1 aliphatic rings. The van der Waals surface area contributed by atoms with Crippen LogP contribution >= 0.6 is 22.9 Å². The zero-order chi connectivity index (χ0) is 21.3. The second-order valence-corrected chi connectivity index (χ2v) is 10.3. The van der Waals surface area contributed by atoms with Gasteiger partial charge in [0.2, 0.25) is 11.8 Å². The maximum Gasteiger partial charge on any atom is 0.243 e. The van der Waals surface area contributed by atoms with Gasteiger partial charge in [-0.15, -0.1) is 11.3 Å². The third-order valence-corrected chi connectivity index (χ3v) is 6.55. The van der Waals surface area contributed by atoms with Crippen molar-refractivity contribution in [2.45, 2.75) is 53.1 Å². The molecule has 156 valence electrons. The molecule has 2 aromatic rings. The first-order chi connectivity index (χ1) is 13.6. The van der Waals surface area contributed by atoms with Gasteiger partial charge in [0.1, 0.15) is 6.54 Å². The summed E-state index contributed by atoms with van der Waals surface area (Å²) in [7, 11) is 0. The van der Waals surface area contributed by atoms with Crippen molar-refractivity contribution >= 4 is 34.8 Å². The molecule has 1 unspecified atom stereocenters. The molecule has 29 heavy (non-hydrogen) atoms. The van der Waals surface area contributed by atoms with Crippen LogP contribution in [0.1, 0.15) is 56.7 Å². The Morgan fingerprint density at radius 3 is 2.45 bits per heavy atom. The summed E-state index contributed by atoms with van der Waals surface area (Å²) in [5.74, 6) is -0.0229. The van der Waals surface area contributed by atoms with E-state index < -0.39 is 5.41 Å². The van der Waals surface area contributed by atoms with Crippen molar-refractivity contribution in [1.29, 1.82) is 0 Å². The lowest BCUT2D eigenvalue weighted by Crippen LogP contribution is -2.51. The molecule has 6 heteroatoms. The predicted molar refractivity (Wildman–Crippen MR) is 119 cm³/mol. The fraction of sp³-hybridized carbons (Fsp3) is 0.478. The van der Waals surface area contributed by atoms with E-state index in [0.29, 0.717) is 11.6 Å². The number of thiophene rings is 1. The Labute approximate surface area is 182 Å². The number of carbonyl (C=O) groups excluding carboxylic acids is 2. The van der Waals surface area contributed by atoms with E-state index in [1.165, 1.54) is 10.4 Å². The maximum absolute atomic E-state index is 13.4. The van der Waals surface area contributed by atoms with Crippen LogP contribution in [0.4, 0.5) is 0 Å². The highest BCUT2D eigenvalue weighted by atomic mass is 35.5. The van der Waals surface area contributed by atoms with Gasteiger partial charge >= 0.3 is 0 Å². The van der Waals surface area contributed by atoms with Gasteiger partial charge in [0.05, 0.1) is 6.04 Å². The molecule has 1 atom stereocenters. The van der Waals surface area contributed by atoms with Crippen LogP contribution in [0.25, 0.3) is 0 Å². The van der Waals surface area contributed by atoms with Gasteiger partial charge in [-0.3, -0.25) is 9.59 Å². The minimum Gasteiger partial charge on any atom is -0.331 e. The number of rotatable bonds is 4. The van der Waals surface area contributed by atoms with Crippen LogP contribution in [-0.2, 0) is 16.0 Å². The molecule has 2 heterocycles. The number of nitrogens with zero attached hydrogens (tertiary/aromatic N) is 2. The van der Waals surface area contributed by atoms with Crippen LogP contribution in [0.5, 0.6) is 0 Å². The first-order valence-electron chi connectivity index (χ1n) is 10.0. The van der Waals surface area contributed by atoms with Gasteiger partial charge in [0.25, 0.3) is 0 Å². The molecule has 0 radical (unpaired) electrons. The van der Waals surface area contributed by atoms with Gasteiger partial charge in [-0.25, -0.2) is 0 Å². The number of benzene rings is 1. The molecule has 0 saturated heterocycles. The largest absolute Gasteiger partial charge is 0.331 e. The van der Waals surface area contributed by atoms with E-state index in [9.17, 15) is 9.59 Å². The second kappa shape index (κ2) is 8.49. The molecule has 1 aliphatic heterocycles. The Kier molecular flexibility index (Phi) is 6.39.